The van der Waals surface area contributed by atoms with E-state index in [-0.39, 0.29) is 0 Å². The van der Waals surface area contributed by atoms with Gasteiger partial charge >= 0.3 is 0 Å². The zero-order chi connectivity index (χ0) is 15.1. The smallest absolute Gasteiger partial charge is 0.129 e. The first-order valence-corrected chi connectivity index (χ1v) is 8.36. The Hall–Kier alpha value is -1.13. The fraction of sp³-hybridized carbons (Fsp3) is 0.706. The Labute approximate surface area is 129 Å². The Morgan fingerprint density at radius 1 is 1.29 bits per heavy atom. The van der Waals surface area contributed by atoms with Crippen molar-refractivity contribution in [1.29, 1.82) is 0 Å². The van der Waals surface area contributed by atoms with Gasteiger partial charge < -0.3 is 15.1 Å². The molecular weight excluding hydrogens is 260 g/mol. The largest absolute Gasteiger partial charge is 0.352 e. The van der Waals surface area contributed by atoms with Gasteiger partial charge in [0, 0.05) is 25.7 Å². The summed E-state index contributed by atoms with van der Waals surface area (Å²) in [5, 5.41) is 3.44. The Morgan fingerprint density at radius 3 is 2.90 bits per heavy atom. The molecule has 1 aliphatic rings. The summed E-state index contributed by atoms with van der Waals surface area (Å²) in [6.07, 6.45) is 3.55. The monoisotopic (exact) mass is 290 g/mol. The van der Waals surface area contributed by atoms with Gasteiger partial charge in [0.15, 0.2) is 0 Å². The fourth-order valence-corrected chi connectivity index (χ4v) is 3.01. The summed E-state index contributed by atoms with van der Waals surface area (Å²) in [6.45, 7) is 9.83. The zero-order valence-electron chi connectivity index (χ0n) is 13.8. The highest BCUT2D eigenvalue weighted by Gasteiger charge is 2.23. The van der Waals surface area contributed by atoms with Gasteiger partial charge in [0.2, 0.25) is 0 Å². The number of pyridine rings is 1. The van der Waals surface area contributed by atoms with Crippen molar-refractivity contribution < 1.29 is 0 Å². The van der Waals surface area contributed by atoms with E-state index in [2.05, 4.69) is 54.2 Å². The molecule has 1 aromatic heterocycles. The molecule has 118 valence electrons. The van der Waals surface area contributed by atoms with Gasteiger partial charge in [0.1, 0.15) is 5.82 Å². The third-order valence-electron chi connectivity index (χ3n) is 4.19. The van der Waals surface area contributed by atoms with Crippen molar-refractivity contribution in [2.24, 2.45) is 0 Å². The number of hydrogen-bond donors (Lipinski definition) is 1. The number of likely N-dealkylation sites (N-methyl/N-ethyl adjacent to an activating group) is 1. The molecule has 0 spiro atoms. The lowest BCUT2D eigenvalue weighted by Gasteiger charge is -2.31. The van der Waals surface area contributed by atoms with Crippen molar-refractivity contribution in [1.82, 2.24) is 15.2 Å². The molecule has 2 heterocycles. The van der Waals surface area contributed by atoms with Gasteiger partial charge in [-0.05, 0) is 51.5 Å². The molecule has 1 fully saturated rings. The van der Waals surface area contributed by atoms with Crippen LogP contribution in [-0.2, 0) is 6.54 Å². The highest BCUT2D eigenvalue weighted by atomic mass is 15.3. The second-order valence-corrected chi connectivity index (χ2v) is 6.04. The summed E-state index contributed by atoms with van der Waals surface area (Å²) in [5.41, 5.74) is 1.15. The van der Waals surface area contributed by atoms with Crippen LogP contribution in [0, 0.1) is 0 Å². The van der Waals surface area contributed by atoms with Gasteiger partial charge in [0.05, 0.1) is 5.69 Å². The molecule has 0 aliphatic carbocycles. The molecule has 1 unspecified atom stereocenters. The Morgan fingerprint density at radius 2 is 2.14 bits per heavy atom. The lowest BCUT2D eigenvalue weighted by atomic mass is 10.2. The Bertz CT molecular complexity index is 421. The molecular formula is C17H30N4. The molecule has 1 aromatic rings. The molecule has 0 bridgehead atoms. The van der Waals surface area contributed by atoms with Crippen molar-refractivity contribution in [3.8, 4) is 0 Å². The minimum Gasteiger partial charge on any atom is -0.352 e. The average Bonchev–Trinajstić information content (AvgIpc) is 2.69. The number of nitrogens with zero attached hydrogens (tertiary/aromatic N) is 3. The third-order valence-corrected chi connectivity index (χ3v) is 4.19. The van der Waals surface area contributed by atoms with E-state index in [1.807, 2.05) is 0 Å². The quantitative estimate of drug-likeness (QED) is 0.816. The van der Waals surface area contributed by atoms with E-state index in [0.29, 0.717) is 6.04 Å². The first-order chi connectivity index (χ1) is 10.2. The van der Waals surface area contributed by atoms with Crippen LogP contribution in [0.25, 0.3) is 0 Å². The van der Waals surface area contributed by atoms with Crippen LogP contribution in [-0.4, -0.2) is 49.2 Å². The minimum absolute atomic E-state index is 0.573. The van der Waals surface area contributed by atoms with E-state index < -0.39 is 0 Å². The second kappa shape index (κ2) is 8.35. The second-order valence-electron chi connectivity index (χ2n) is 6.04. The first kappa shape index (κ1) is 16.2. The summed E-state index contributed by atoms with van der Waals surface area (Å²) in [4.78, 5) is 9.83. The number of anilines is 1. The Kier molecular flexibility index (Phi) is 6.46. The van der Waals surface area contributed by atoms with Crippen LogP contribution in [0.5, 0.6) is 0 Å². The topological polar surface area (TPSA) is 31.4 Å². The number of hydrogen-bond acceptors (Lipinski definition) is 4. The predicted molar refractivity (Wildman–Crippen MR) is 89.8 cm³/mol. The van der Waals surface area contributed by atoms with Gasteiger partial charge in [-0.1, -0.05) is 19.9 Å². The normalized spacial score (nSPS) is 20.5. The van der Waals surface area contributed by atoms with Crippen molar-refractivity contribution in [3.63, 3.8) is 0 Å². The van der Waals surface area contributed by atoms with Gasteiger partial charge in [-0.2, -0.15) is 0 Å². The van der Waals surface area contributed by atoms with Crippen LogP contribution < -0.4 is 10.2 Å². The highest BCUT2D eigenvalue weighted by Crippen LogP contribution is 2.20. The minimum atomic E-state index is 0.573. The summed E-state index contributed by atoms with van der Waals surface area (Å²) < 4.78 is 0. The van der Waals surface area contributed by atoms with E-state index in [1.54, 1.807) is 0 Å². The van der Waals surface area contributed by atoms with Crippen LogP contribution in [0.15, 0.2) is 18.2 Å². The van der Waals surface area contributed by atoms with Crippen molar-refractivity contribution in [2.75, 3.05) is 38.1 Å². The number of nitrogens with one attached hydrogen (secondary N) is 1. The molecule has 0 radical (unpaired) electrons. The van der Waals surface area contributed by atoms with E-state index in [1.165, 1.54) is 19.4 Å². The number of aromatic nitrogens is 1. The molecule has 0 amide bonds. The molecule has 21 heavy (non-hydrogen) atoms. The third kappa shape index (κ3) is 4.68. The zero-order valence-corrected chi connectivity index (χ0v) is 13.8. The van der Waals surface area contributed by atoms with Gasteiger partial charge in [-0.3, -0.25) is 0 Å². The van der Waals surface area contributed by atoms with Crippen LogP contribution in [0.4, 0.5) is 5.82 Å². The van der Waals surface area contributed by atoms with Crippen molar-refractivity contribution in [3.05, 3.63) is 23.9 Å². The van der Waals surface area contributed by atoms with E-state index in [0.717, 1.165) is 44.1 Å². The summed E-state index contributed by atoms with van der Waals surface area (Å²) in [7, 11) is 2.23. The van der Waals surface area contributed by atoms with E-state index >= 15 is 0 Å². The molecule has 0 saturated carbocycles. The average molecular weight is 290 g/mol. The molecule has 1 N–H and O–H groups in total. The van der Waals surface area contributed by atoms with Crippen LogP contribution in [0.3, 0.4) is 0 Å². The SMILES string of the molecule is CCCNCc1cccc(N2CCCN(C)CC2CC)n1. The van der Waals surface area contributed by atoms with Crippen LogP contribution in [0.2, 0.25) is 0 Å². The molecule has 4 nitrogen and oxygen atoms in total. The van der Waals surface area contributed by atoms with Crippen LogP contribution in [0.1, 0.15) is 38.8 Å². The molecule has 1 atom stereocenters. The maximum Gasteiger partial charge on any atom is 0.129 e. The van der Waals surface area contributed by atoms with Crippen molar-refractivity contribution in [2.45, 2.75) is 45.7 Å². The molecule has 0 aromatic carbocycles. The highest BCUT2D eigenvalue weighted by molar-refractivity contribution is 5.41. The lowest BCUT2D eigenvalue weighted by Crippen LogP contribution is -2.40. The molecule has 2 rings (SSSR count). The lowest BCUT2D eigenvalue weighted by molar-refractivity contribution is 0.327. The van der Waals surface area contributed by atoms with Crippen LogP contribution >= 0.6 is 0 Å². The first-order valence-electron chi connectivity index (χ1n) is 8.36. The summed E-state index contributed by atoms with van der Waals surface area (Å²) in [5.74, 6) is 1.15. The predicted octanol–water partition coefficient (Wildman–Crippen LogP) is 2.50. The maximum atomic E-state index is 4.88. The van der Waals surface area contributed by atoms with Gasteiger partial charge in [0.25, 0.3) is 0 Å². The fourth-order valence-electron chi connectivity index (χ4n) is 3.01. The van der Waals surface area contributed by atoms with Gasteiger partial charge in [-0.15, -0.1) is 0 Å². The summed E-state index contributed by atoms with van der Waals surface area (Å²) in [6, 6.07) is 7.00. The number of rotatable bonds is 6. The molecule has 1 aliphatic heterocycles. The van der Waals surface area contributed by atoms with Gasteiger partial charge in [-0.25, -0.2) is 4.98 Å². The Balaban J connectivity index is 2.09. The van der Waals surface area contributed by atoms with E-state index in [4.69, 9.17) is 4.98 Å². The molecule has 4 heteroatoms. The van der Waals surface area contributed by atoms with Crippen molar-refractivity contribution >= 4 is 5.82 Å². The summed E-state index contributed by atoms with van der Waals surface area (Å²) >= 11 is 0. The van der Waals surface area contributed by atoms with E-state index in [9.17, 15) is 0 Å². The maximum absolute atomic E-state index is 4.88. The standard InChI is InChI=1S/C17H30N4/c1-4-10-18-13-15-8-6-9-17(19-15)21-12-7-11-20(3)14-16(21)5-2/h6,8-9,16,18H,4-5,7,10-14H2,1-3H3. The molecule has 1 saturated heterocycles.